The molecule has 1 atom stereocenters. The number of carboxylic acid groups (broad SMARTS) is 1. The summed E-state index contributed by atoms with van der Waals surface area (Å²) < 4.78 is 5.28. The van der Waals surface area contributed by atoms with Gasteiger partial charge in [-0.3, -0.25) is 0 Å². The van der Waals surface area contributed by atoms with E-state index >= 15 is 0 Å². The third-order valence-electron chi connectivity index (χ3n) is 2.76. The number of benzene rings is 1. The summed E-state index contributed by atoms with van der Waals surface area (Å²) in [4.78, 5) is 11.3. The molecule has 3 rings (SSSR count). The Balaban J connectivity index is 2.42. The molecule has 2 aliphatic rings. The van der Waals surface area contributed by atoms with Gasteiger partial charge in [-0.05, 0) is 11.3 Å². The van der Waals surface area contributed by atoms with Gasteiger partial charge in [-0.1, -0.05) is 24.3 Å². The van der Waals surface area contributed by atoms with Crippen molar-refractivity contribution < 1.29 is 14.6 Å². The van der Waals surface area contributed by atoms with Crippen molar-refractivity contribution in [1.82, 2.24) is 0 Å². The lowest BCUT2D eigenvalue weighted by Gasteiger charge is -2.25. The van der Waals surface area contributed by atoms with Crippen LogP contribution in [0.15, 0.2) is 34.5 Å². The zero-order valence-corrected chi connectivity index (χ0v) is 8.25. The smallest absolute Gasteiger partial charge is 0.346 e. The Hall–Kier alpha value is -2.01. The number of carbonyl (C=O) groups is 1. The SMILES string of the molecule is O=C(O)C12C=c3ccccc3=C1N=NCO2. The number of hydrogen-bond acceptors (Lipinski definition) is 4. The third kappa shape index (κ3) is 1.00. The maximum atomic E-state index is 11.3. The highest BCUT2D eigenvalue weighted by Crippen LogP contribution is 2.31. The lowest BCUT2D eigenvalue weighted by molar-refractivity contribution is -0.152. The number of ether oxygens (including phenoxy) is 1. The molecule has 1 aliphatic heterocycles. The minimum Gasteiger partial charge on any atom is -0.479 e. The molecule has 0 radical (unpaired) electrons. The van der Waals surface area contributed by atoms with Crippen LogP contribution >= 0.6 is 0 Å². The van der Waals surface area contributed by atoms with Crippen LogP contribution in [0.1, 0.15) is 0 Å². The van der Waals surface area contributed by atoms with Crippen LogP contribution in [-0.2, 0) is 9.53 Å². The molecular weight excluding hydrogens is 208 g/mol. The average Bonchev–Trinajstić information content (AvgIpc) is 2.64. The number of fused-ring (bicyclic) bond motifs is 2. The van der Waals surface area contributed by atoms with Crippen molar-refractivity contribution in [1.29, 1.82) is 0 Å². The Labute approximate surface area is 90.4 Å². The van der Waals surface area contributed by atoms with Crippen LogP contribution in [0.4, 0.5) is 0 Å². The molecule has 0 bridgehead atoms. The van der Waals surface area contributed by atoms with Gasteiger partial charge in [-0.2, -0.15) is 10.2 Å². The summed E-state index contributed by atoms with van der Waals surface area (Å²) >= 11 is 0. The monoisotopic (exact) mass is 216 g/mol. The largest absolute Gasteiger partial charge is 0.479 e. The predicted molar refractivity (Wildman–Crippen MR) is 54.7 cm³/mol. The highest BCUT2D eigenvalue weighted by molar-refractivity contribution is 6.00. The molecule has 0 saturated heterocycles. The molecule has 1 heterocycles. The number of carboxylic acids is 1. The normalized spacial score (nSPS) is 25.9. The van der Waals surface area contributed by atoms with Crippen molar-refractivity contribution in [3.05, 3.63) is 34.7 Å². The van der Waals surface area contributed by atoms with Crippen LogP contribution in [0.2, 0.25) is 0 Å². The Morgan fingerprint density at radius 2 is 2.25 bits per heavy atom. The van der Waals surface area contributed by atoms with E-state index in [2.05, 4.69) is 10.2 Å². The second-order valence-corrected chi connectivity index (χ2v) is 3.64. The Bertz CT molecular complexity index is 620. The molecule has 16 heavy (non-hydrogen) atoms. The summed E-state index contributed by atoms with van der Waals surface area (Å²) in [7, 11) is 0. The molecule has 5 heteroatoms. The predicted octanol–water partition coefficient (Wildman–Crippen LogP) is -0.148. The zero-order valence-electron chi connectivity index (χ0n) is 8.25. The van der Waals surface area contributed by atoms with Crippen LogP contribution < -0.4 is 10.4 Å². The summed E-state index contributed by atoms with van der Waals surface area (Å²) in [5, 5.41) is 18.5. The lowest BCUT2D eigenvalue weighted by atomic mass is 10.0. The van der Waals surface area contributed by atoms with Crippen molar-refractivity contribution in [2.24, 2.45) is 10.2 Å². The van der Waals surface area contributed by atoms with E-state index in [-0.39, 0.29) is 6.73 Å². The fourth-order valence-corrected chi connectivity index (χ4v) is 2.02. The van der Waals surface area contributed by atoms with E-state index in [4.69, 9.17) is 4.74 Å². The second-order valence-electron chi connectivity index (χ2n) is 3.64. The van der Waals surface area contributed by atoms with Gasteiger partial charge in [0.05, 0.1) is 0 Å². The first kappa shape index (κ1) is 9.23. The maximum Gasteiger partial charge on any atom is 0.346 e. The van der Waals surface area contributed by atoms with Crippen LogP contribution in [0, 0.1) is 0 Å². The van der Waals surface area contributed by atoms with Crippen molar-refractivity contribution in [3.63, 3.8) is 0 Å². The van der Waals surface area contributed by atoms with Gasteiger partial charge in [0.25, 0.3) is 0 Å². The van der Waals surface area contributed by atoms with Crippen molar-refractivity contribution >= 4 is 17.7 Å². The molecule has 0 aromatic heterocycles. The molecule has 80 valence electrons. The van der Waals surface area contributed by atoms with Gasteiger partial charge in [0.15, 0.2) is 6.73 Å². The van der Waals surface area contributed by atoms with Crippen molar-refractivity contribution in [3.8, 4) is 0 Å². The summed E-state index contributed by atoms with van der Waals surface area (Å²) in [6.45, 7) is -0.0275. The van der Waals surface area contributed by atoms with Gasteiger partial charge < -0.3 is 9.84 Å². The van der Waals surface area contributed by atoms with Crippen molar-refractivity contribution in [2.45, 2.75) is 5.60 Å². The molecule has 1 aromatic carbocycles. The number of hydrogen-bond donors (Lipinski definition) is 1. The number of aliphatic carboxylic acids is 1. The Morgan fingerprint density at radius 3 is 3.06 bits per heavy atom. The topological polar surface area (TPSA) is 71.2 Å². The van der Waals surface area contributed by atoms with E-state index in [1.807, 2.05) is 24.3 Å². The summed E-state index contributed by atoms with van der Waals surface area (Å²) in [5.41, 5.74) is -1.09. The summed E-state index contributed by atoms with van der Waals surface area (Å²) in [5.74, 6) is -1.06. The first-order valence-corrected chi connectivity index (χ1v) is 4.82. The number of nitrogens with zero attached hydrogens (tertiary/aromatic N) is 2. The van der Waals surface area contributed by atoms with Gasteiger partial charge in [0, 0.05) is 5.22 Å². The maximum absolute atomic E-state index is 11.3. The first-order chi connectivity index (χ1) is 7.74. The Morgan fingerprint density at radius 1 is 1.44 bits per heavy atom. The molecule has 0 amide bonds. The fourth-order valence-electron chi connectivity index (χ4n) is 2.02. The minimum atomic E-state index is -1.45. The molecule has 1 N–H and O–H groups in total. The summed E-state index contributed by atoms with van der Waals surface area (Å²) in [6.07, 6.45) is 1.58. The second kappa shape index (κ2) is 2.99. The van der Waals surface area contributed by atoms with Gasteiger partial charge in [-0.25, -0.2) is 4.79 Å². The van der Waals surface area contributed by atoms with Gasteiger partial charge in [0.2, 0.25) is 5.60 Å². The van der Waals surface area contributed by atoms with E-state index in [1.165, 1.54) is 0 Å². The Kier molecular flexibility index (Phi) is 1.73. The van der Waals surface area contributed by atoms with E-state index in [9.17, 15) is 9.90 Å². The number of rotatable bonds is 1. The standard InChI is InChI=1S/C11H8N2O3/c14-10(15)11-5-7-3-1-2-4-8(7)9(11)13-12-6-16-11/h1-5H,6H2,(H,14,15). The van der Waals surface area contributed by atoms with E-state index < -0.39 is 11.6 Å². The van der Waals surface area contributed by atoms with Crippen molar-refractivity contribution in [2.75, 3.05) is 6.73 Å². The van der Waals surface area contributed by atoms with Gasteiger partial charge in [-0.15, -0.1) is 0 Å². The average molecular weight is 216 g/mol. The molecule has 1 unspecified atom stereocenters. The fraction of sp³-hybridized carbons (Fsp3) is 0.182. The molecule has 0 saturated carbocycles. The summed E-state index contributed by atoms with van der Waals surface area (Å²) in [6, 6.07) is 7.34. The molecule has 5 nitrogen and oxygen atoms in total. The highest BCUT2D eigenvalue weighted by atomic mass is 16.5. The molecule has 0 fully saturated rings. The van der Waals surface area contributed by atoms with Crippen LogP contribution in [0.3, 0.4) is 0 Å². The van der Waals surface area contributed by atoms with Crippen LogP contribution in [0.5, 0.6) is 0 Å². The third-order valence-corrected chi connectivity index (χ3v) is 2.76. The van der Waals surface area contributed by atoms with Crippen LogP contribution in [0.25, 0.3) is 11.8 Å². The van der Waals surface area contributed by atoms with E-state index in [1.54, 1.807) is 6.08 Å². The van der Waals surface area contributed by atoms with E-state index in [0.29, 0.717) is 5.70 Å². The molecule has 0 spiro atoms. The highest BCUT2D eigenvalue weighted by Gasteiger charge is 2.46. The molecular formula is C11H8N2O3. The first-order valence-electron chi connectivity index (χ1n) is 4.82. The lowest BCUT2D eigenvalue weighted by Crippen LogP contribution is -2.41. The molecule has 1 aromatic rings. The van der Waals surface area contributed by atoms with E-state index in [0.717, 1.165) is 10.4 Å². The number of azo groups is 1. The van der Waals surface area contributed by atoms with Crippen LogP contribution in [-0.4, -0.2) is 23.4 Å². The minimum absolute atomic E-state index is 0.0275. The molecule has 1 aliphatic carbocycles. The van der Waals surface area contributed by atoms with Gasteiger partial charge >= 0.3 is 5.97 Å². The van der Waals surface area contributed by atoms with Gasteiger partial charge in [0.1, 0.15) is 5.70 Å². The quantitative estimate of drug-likeness (QED) is 0.709. The zero-order chi connectivity index (χ0) is 11.2.